The van der Waals surface area contributed by atoms with Gasteiger partial charge >= 0.3 is 0 Å². The molecule has 1 aromatic heterocycles. The number of amides is 2. The summed E-state index contributed by atoms with van der Waals surface area (Å²) in [6.45, 7) is 7.38. The molecule has 2 aromatic carbocycles. The van der Waals surface area contributed by atoms with Crippen LogP contribution in [0.25, 0.3) is 10.9 Å². The highest BCUT2D eigenvalue weighted by Gasteiger charge is 2.12. The van der Waals surface area contributed by atoms with Crippen LogP contribution in [0.3, 0.4) is 0 Å². The molecular weight excluding hydrogens is 314 g/mol. The largest absolute Gasteiger partial charge is 0.358 e. The van der Waals surface area contributed by atoms with Crippen LogP contribution in [0.1, 0.15) is 34.1 Å². The molecule has 0 radical (unpaired) electrons. The molecule has 0 aliphatic rings. The van der Waals surface area contributed by atoms with Crippen LogP contribution in [0.15, 0.2) is 36.4 Å². The number of hydrogen-bond acceptors (Lipinski definition) is 2. The lowest BCUT2D eigenvalue weighted by Crippen LogP contribution is -2.14. The number of nitrogens with one attached hydrogen (secondary N) is 3. The van der Waals surface area contributed by atoms with Crippen LogP contribution in [0.5, 0.6) is 0 Å². The highest BCUT2D eigenvalue weighted by molar-refractivity contribution is 6.07. The van der Waals surface area contributed by atoms with Crippen molar-refractivity contribution < 1.29 is 9.59 Å². The first kappa shape index (κ1) is 16.8. The van der Waals surface area contributed by atoms with Gasteiger partial charge in [0.05, 0.1) is 0 Å². The van der Waals surface area contributed by atoms with E-state index in [1.54, 1.807) is 12.1 Å². The molecular formula is C20H21N3O2. The molecule has 2 amide bonds. The van der Waals surface area contributed by atoms with Crippen LogP contribution < -0.4 is 10.6 Å². The summed E-state index contributed by atoms with van der Waals surface area (Å²) in [4.78, 5) is 27.2. The second kappa shape index (κ2) is 6.43. The number of carbonyl (C=O) groups is 2. The summed E-state index contributed by atoms with van der Waals surface area (Å²) in [5, 5.41) is 6.75. The summed E-state index contributed by atoms with van der Waals surface area (Å²) in [6.07, 6.45) is 0. The van der Waals surface area contributed by atoms with Crippen molar-refractivity contribution in [3.8, 4) is 0 Å². The number of fused-ring (bicyclic) bond motifs is 1. The molecule has 0 atom stereocenters. The molecule has 0 fully saturated rings. The lowest BCUT2D eigenvalue weighted by atomic mass is 10.1. The Balaban J connectivity index is 1.90. The molecule has 0 saturated heterocycles. The number of rotatable bonds is 3. The third-order valence-corrected chi connectivity index (χ3v) is 4.46. The van der Waals surface area contributed by atoms with Gasteiger partial charge < -0.3 is 15.6 Å². The van der Waals surface area contributed by atoms with Gasteiger partial charge in [-0.1, -0.05) is 6.07 Å². The zero-order chi connectivity index (χ0) is 18.1. The first-order chi connectivity index (χ1) is 11.9. The normalized spacial score (nSPS) is 10.7. The second-order valence-corrected chi connectivity index (χ2v) is 6.25. The second-order valence-electron chi connectivity index (χ2n) is 6.25. The first-order valence-corrected chi connectivity index (χ1v) is 8.14. The number of aromatic amines is 1. The first-order valence-electron chi connectivity index (χ1n) is 8.14. The Morgan fingerprint density at radius 2 is 1.60 bits per heavy atom. The van der Waals surface area contributed by atoms with Crippen LogP contribution in [-0.2, 0) is 4.79 Å². The fraction of sp³-hybridized carbons (Fsp3) is 0.200. The van der Waals surface area contributed by atoms with Crippen molar-refractivity contribution in [1.29, 1.82) is 0 Å². The molecule has 5 heteroatoms. The molecule has 3 aromatic rings. The van der Waals surface area contributed by atoms with E-state index in [9.17, 15) is 9.59 Å². The molecule has 0 bridgehead atoms. The van der Waals surface area contributed by atoms with Gasteiger partial charge in [-0.3, -0.25) is 9.59 Å². The van der Waals surface area contributed by atoms with Gasteiger partial charge in [-0.05, 0) is 62.2 Å². The van der Waals surface area contributed by atoms with E-state index < -0.39 is 0 Å². The topological polar surface area (TPSA) is 74.0 Å². The smallest absolute Gasteiger partial charge is 0.255 e. The summed E-state index contributed by atoms with van der Waals surface area (Å²) in [5.74, 6) is -0.321. The molecule has 3 N–H and O–H groups in total. The van der Waals surface area contributed by atoms with E-state index in [4.69, 9.17) is 0 Å². The molecule has 128 valence electrons. The van der Waals surface area contributed by atoms with Crippen LogP contribution in [0.2, 0.25) is 0 Å². The fourth-order valence-corrected chi connectivity index (χ4v) is 2.89. The average molecular weight is 335 g/mol. The monoisotopic (exact) mass is 335 g/mol. The fourth-order valence-electron chi connectivity index (χ4n) is 2.89. The summed E-state index contributed by atoms with van der Waals surface area (Å²) < 4.78 is 0. The zero-order valence-corrected chi connectivity index (χ0v) is 14.8. The molecule has 0 aliphatic carbocycles. The summed E-state index contributed by atoms with van der Waals surface area (Å²) in [5.41, 5.74) is 6.06. The number of H-pyrrole nitrogens is 1. The van der Waals surface area contributed by atoms with Gasteiger partial charge in [-0.25, -0.2) is 0 Å². The predicted molar refractivity (Wildman–Crippen MR) is 101 cm³/mol. The Hall–Kier alpha value is -3.08. The molecule has 5 nitrogen and oxygen atoms in total. The summed E-state index contributed by atoms with van der Waals surface area (Å²) in [6, 6.07) is 11.1. The lowest BCUT2D eigenvalue weighted by Gasteiger charge is -2.13. The van der Waals surface area contributed by atoms with Gasteiger partial charge in [0, 0.05) is 40.5 Å². The van der Waals surface area contributed by atoms with Gasteiger partial charge in [0.15, 0.2) is 0 Å². The van der Waals surface area contributed by atoms with Crippen molar-refractivity contribution in [1.82, 2.24) is 4.98 Å². The SMILES string of the molecule is CC(=O)Nc1cccc(NC(=O)c2ccc3[nH]c(C)c(C)c3c2)c1C. The van der Waals surface area contributed by atoms with Gasteiger partial charge in [-0.2, -0.15) is 0 Å². The van der Waals surface area contributed by atoms with E-state index in [1.807, 2.05) is 45.0 Å². The summed E-state index contributed by atoms with van der Waals surface area (Å²) >= 11 is 0. The van der Waals surface area contributed by atoms with E-state index >= 15 is 0 Å². The number of aromatic nitrogens is 1. The third kappa shape index (κ3) is 3.26. The van der Waals surface area contributed by atoms with Crippen molar-refractivity contribution in [2.75, 3.05) is 10.6 Å². The zero-order valence-electron chi connectivity index (χ0n) is 14.8. The quantitative estimate of drug-likeness (QED) is 0.667. The van der Waals surface area contributed by atoms with Crippen LogP contribution in [0, 0.1) is 20.8 Å². The molecule has 0 unspecified atom stereocenters. The maximum Gasteiger partial charge on any atom is 0.255 e. The van der Waals surface area contributed by atoms with Crippen LogP contribution >= 0.6 is 0 Å². The van der Waals surface area contributed by atoms with Crippen LogP contribution in [-0.4, -0.2) is 16.8 Å². The maximum atomic E-state index is 12.7. The highest BCUT2D eigenvalue weighted by atomic mass is 16.2. The molecule has 1 heterocycles. The number of carbonyl (C=O) groups excluding carboxylic acids is 2. The maximum absolute atomic E-state index is 12.7. The van der Waals surface area contributed by atoms with Gasteiger partial charge in [0.25, 0.3) is 5.91 Å². The van der Waals surface area contributed by atoms with Gasteiger partial charge in [-0.15, -0.1) is 0 Å². The van der Waals surface area contributed by atoms with Crippen molar-refractivity contribution in [2.24, 2.45) is 0 Å². The minimum Gasteiger partial charge on any atom is -0.358 e. The number of benzene rings is 2. The molecule has 0 aliphatic heterocycles. The molecule has 0 spiro atoms. The average Bonchev–Trinajstić information content (AvgIpc) is 2.85. The molecule has 0 saturated carbocycles. The number of aryl methyl sites for hydroxylation is 2. The van der Waals surface area contributed by atoms with Crippen LogP contribution in [0.4, 0.5) is 11.4 Å². The Morgan fingerprint density at radius 1 is 0.920 bits per heavy atom. The Labute approximate surface area is 146 Å². The Kier molecular flexibility index (Phi) is 4.31. The van der Waals surface area contributed by atoms with Gasteiger partial charge in [0.2, 0.25) is 5.91 Å². The van der Waals surface area contributed by atoms with E-state index in [1.165, 1.54) is 6.92 Å². The van der Waals surface area contributed by atoms with Crippen molar-refractivity contribution in [2.45, 2.75) is 27.7 Å². The van der Waals surface area contributed by atoms with E-state index in [-0.39, 0.29) is 11.8 Å². The summed E-state index contributed by atoms with van der Waals surface area (Å²) in [7, 11) is 0. The Morgan fingerprint density at radius 3 is 2.28 bits per heavy atom. The third-order valence-electron chi connectivity index (χ3n) is 4.46. The number of hydrogen-bond donors (Lipinski definition) is 3. The Bertz CT molecular complexity index is 986. The van der Waals surface area contributed by atoms with Gasteiger partial charge in [0.1, 0.15) is 0 Å². The minimum absolute atomic E-state index is 0.143. The van der Waals surface area contributed by atoms with Crippen molar-refractivity contribution in [3.63, 3.8) is 0 Å². The van der Waals surface area contributed by atoms with Crippen molar-refractivity contribution >= 4 is 34.1 Å². The lowest BCUT2D eigenvalue weighted by molar-refractivity contribution is -0.114. The molecule has 3 rings (SSSR count). The van der Waals surface area contributed by atoms with E-state index in [0.29, 0.717) is 16.9 Å². The van der Waals surface area contributed by atoms with Crippen molar-refractivity contribution in [3.05, 3.63) is 58.8 Å². The highest BCUT2D eigenvalue weighted by Crippen LogP contribution is 2.25. The predicted octanol–water partition coefficient (Wildman–Crippen LogP) is 4.30. The molecule has 25 heavy (non-hydrogen) atoms. The standard InChI is InChI=1S/C20H21N3O2/c1-11-13(3)21-19-9-8-15(10-16(11)19)20(25)23-18-7-5-6-17(12(18)2)22-14(4)24/h5-10,21H,1-4H3,(H,22,24)(H,23,25). The minimum atomic E-state index is -0.178. The van der Waals surface area contributed by atoms with E-state index in [2.05, 4.69) is 15.6 Å². The number of anilines is 2. The van der Waals surface area contributed by atoms with E-state index in [0.717, 1.165) is 27.7 Å².